The maximum absolute atomic E-state index is 3.82. The molecule has 0 radical (unpaired) electrons. The fraction of sp³-hybridized carbons (Fsp3) is 1.00. The third kappa shape index (κ3) is 2.25. The van der Waals surface area contributed by atoms with Crippen molar-refractivity contribution in [2.45, 2.75) is 64.5 Å². The van der Waals surface area contributed by atoms with Crippen molar-refractivity contribution in [1.82, 2.24) is 5.32 Å². The average molecular weight is 181 g/mol. The maximum Gasteiger partial charge on any atom is 0.00985 e. The molecular weight excluding hydrogens is 158 g/mol. The van der Waals surface area contributed by atoms with Gasteiger partial charge in [0.1, 0.15) is 0 Å². The summed E-state index contributed by atoms with van der Waals surface area (Å²) in [6, 6.07) is 1.73. The highest BCUT2D eigenvalue weighted by Gasteiger charge is 2.34. The Morgan fingerprint density at radius 3 is 2.69 bits per heavy atom. The van der Waals surface area contributed by atoms with Crippen LogP contribution in [0.2, 0.25) is 0 Å². The van der Waals surface area contributed by atoms with Gasteiger partial charge in [-0.25, -0.2) is 0 Å². The lowest BCUT2D eigenvalue weighted by Crippen LogP contribution is -2.33. The van der Waals surface area contributed by atoms with E-state index in [-0.39, 0.29) is 0 Å². The van der Waals surface area contributed by atoms with Gasteiger partial charge in [-0.05, 0) is 37.5 Å². The average Bonchev–Trinajstić information content (AvgIpc) is 2.44. The van der Waals surface area contributed by atoms with Gasteiger partial charge in [-0.1, -0.05) is 26.7 Å². The molecule has 1 N–H and O–H groups in total. The van der Waals surface area contributed by atoms with Gasteiger partial charge in [0.25, 0.3) is 0 Å². The monoisotopic (exact) mass is 181 g/mol. The first-order valence-electron chi connectivity index (χ1n) is 6.01. The highest BCUT2D eigenvalue weighted by atomic mass is 15.0. The van der Waals surface area contributed by atoms with Gasteiger partial charge in [0, 0.05) is 12.1 Å². The molecule has 0 aromatic carbocycles. The van der Waals surface area contributed by atoms with Crippen LogP contribution in [0.4, 0.5) is 0 Å². The third-order valence-corrected chi connectivity index (χ3v) is 3.70. The van der Waals surface area contributed by atoms with Gasteiger partial charge in [-0.15, -0.1) is 0 Å². The minimum absolute atomic E-state index is 0.841. The molecule has 0 amide bonds. The third-order valence-electron chi connectivity index (χ3n) is 3.70. The lowest BCUT2D eigenvalue weighted by atomic mass is 9.84. The van der Waals surface area contributed by atoms with Crippen molar-refractivity contribution in [2.24, 2.45) is 11.8 Å². The highest BCUT2D eigenvalue weighted by Crippen LogP contribution is 2.34. The molecule has 1 heteroatoms. The van der Waals surface area contributed by atoms with Crippen LogP contribution in [0.25, 0.3) is 0 Å². The first-order valence-corrected chi connectivity index (χ1v) is 6.01. The van der Waals surface area contributed by atoms with Gasteiger partial charge < -0.3 is 5.32 Å². The summed E-state index contributed by atoms with van der Waals surface area (Å²) in [6.07, 6.45) is 8.72. The molecule has 1 heterocycles. The fourth-order valence-corrected chi connectivity index (χ4v) is 3.18. The van der Waals surface area contributed by atoms with Crippen LogP contribution in [0.15, 0.2) is 0 Å². The van der Waals surface area contributed by atoms with E-state index in [9.17, 15) is 0 Å². The molecular formula is C12H23N. The Morgan fingerprint density at radius 1 is 1.23 bits per heavy atom. The molecule has 13 heavy (non-hydrogen) atoms. The van der Waals surface area contributed by atoms with E-state index >= 15 is 0 Å². The zero-order valence-corrected chi connectivity index (χ0v) is 9.05. The Kier molecular flexibility index (Phi) is 2.92. The maximum atomic E-state index is 3.82. The zero-order valence-electron chi connectivity index (χ0n) is 9.05. The minimum Gasteiger partial charge on any atom is -0.311 e. The molecule has 2 rings (SSSR count). The SMILES string of the molecule is CC(C)CC1CC2CCCCC2N1. The van der Waals surface area contributed by atoms with Crippen molar-refractivity contribution in [3.8, 4) is 0 Å². The summed E-state index contributed by atoms with van der Waals surface area (Å²) in [5.41, 5.74) is 0. The van der Waals surface area contributed by atoms with Crippen LogP contribution in [0.1, 0.15) is 52.4 Å². The van der Waals surface area contributed by atoms with Gasteiger partial charge in [0.05, 0.1) is 0 Å². The van der Waals surface area contributed by atoms with Gasteiger partial charge >= 0.3 is 0 Å². The summed E-state index contributed by atoms with van der Waals surface area (Å²) in [5.74, 6) is 1.88. The molecule has 76 valence electrons. The van der Waals surface area contributed by atoms with E-state index in [1.54, 1.807) is 0 Å². The molecule has 1 saturated heterocycles. The van der Waals surface area contributed by atoms with Crippen molar-refractivity contribution in [1.29, 1.82) is 0 Å². The lowest BCUT2D eigenvalue weighted by Gasteiger charge is -2.24. The molecule has 0 aromatic rings. The van der Waals surface area contributed by atoms with Crippen molar-refractivity contribution in [3.05, 3.63) is 0 Å². The molecule has 1 aliphatic heterocycles. The van der Waals surface area contributed by atoms with Crippen LogP contribution in [0, 0.1) is 11.8 Å². The quantitative estimate of drug-likeness (QED) is 0.690. The van der Waals surface area contributed by atoms with E-state index in [1.807, 2.05) is 0 Å². The highest BCUT2D eigenvalue weighted by molar-refractivity contribution is 4.92. The number of hydrogen-bond acceptors (Lipinski definition) is 1. The van der Waals surface area contributed by atoms with E-state index in [1.165, 1.54) is 38.5 Å². The van der Waals surface area contributed by atoms with E-state index in [0.29, 0.717) is 0 Å². The summed E-state index contributed by atoms with van der Waals surface area (Å²) in [7, 11) is 0. The Bertz CT molecular complexity index is 151. The van der Waals surface area contributed by atoms with Crippen LogP contribution in [-0.2, 0) is 0 Å². The fourth-order valence-electron chi connectivity index (χ4n) is 3.18. The standard InChI is InChI=1S/C12H23N/c1-9(2)7-11-8-10-5-3-4-6-12(10)13-11/h9-13H,3-8H2,1-2H3. The zero-order chi connectivity index (χ0) is 9.26. The number of fused-ring (bicyclic) bond motifs is 1. The molecule has 0 bridgehead atoms. The van der Waals surface area contributed by atoms with E-state index in [2.05, 4.69) is 19.2 Å². The molecule has 0 aromatic heterocycles. The smallest absolute Gasteiger partial charge is 0.00985 e. The van der Waals surface area contributed by atoms with Crippen molar-refractivity contribution in [3.63, 3.8) is 0 Å². The predicted octanol–water partition coefficient (Wildman–Crippen LogP) is 2.95. The van der Waals surface area contributed by atoms with Crippen LogP contribution >= 0.6 is 0 Å². The second kappa shape index (κ2) is 4.00. The van der Waals surface area contributed by atoms with Crippen molar-refractivity contribution >= 4 is 0 Å². The van der Waals surface area contributed by atoms with E-state index in [0.717, 1.165) is 23.9 Å². The van der Waals surface area contributed by atoms with Crippen LogP contribution in [0.3, 0.4) is 0 Å². The summed E-state index contributed by atoms with van der Waals surface area (Å²) in [4.78, 5) is 0. The normalized spacial score (nSPS) is 39.5. The van der Waals surface area contributed by atoms with Gasteiger partial charge in [0.15, 0.2) is 0 Å². The van der Waals surface area contributed by atoms with Gasteiger partial charge in [-0.2, -0.15) is 0 Å². The Balaban J connectivity index is 1.84. The van der Waals surface area contributed by atoms with Crippen LogP contribution in [-0.4, -0.2) is 12.1 Å². The Labute approximate surface area is 82.3 Å². The molecule has 1 saturated carbocycles. The summed E-state index contributed by atoms with van der Waals surface area (Å²) in [6.45, 7) is 4.67. The molecule has 0 spiro atoms. The molecule has 1 nitrogen and oxygen atoms in total. The van der Waals surface area contributed by atoms with E-state index < -0.39 is 0 Å². The predicted molar refractivity (Wildman–Crippen MR) is 56.7 cm³/mol. The van der Waals surface area contributed by atoms with Gasteiger partial charge in [0.2, 0.25) is 0 Å². The van der Waals surface area contributed by atoms with Crippen molar-refractivity contribution in [2.75, 3.05) is 0 Å². The topological polar surface area (TPSA) is 12.0 Å². The number of nitrogens with one attached hydrogen (secondary N) is 1. The molecule has 2 fully saturated rings. The first-order chi connectivity index (χ1) is 6.25. The summed E-state index contributed by atoms with van der Waals surface area (Å²) >= 11 is 0. The molecule has 2 aliphatic rings. The lowest BCUT2D eigenvalue weighted by molar-refractivity contribution is 0.325. The number of hydrogen-bond donors (Lipinski definition) is 1. The second-order valence-electron chi connectivity index (χ2n) is 5.38. The van der Waals surface area contributed by atoms with Crippen LogP contribution in [0.5, 0.6) is 0 Å². The van der Waals surface area contributed by atoms with Gasteiger partial charge in [-0.3, -0.25) is 0 Å². The second-order valence-corrected chi connectivity index (χ2v) is 5.38. The van der Waals surface area contributed by atoms with Crippen molar-refractivity contribution < 1.29 is 0 Å². The van der Waals surface area contributed by atoms with Crippen LogP contribution < -0.4 is 5.32 Å². The number of rotatable bonds is 2. The molecule has 3 atom stereocenters. The Hall–Kier alpha value is -0.0400. The summed E-state index contributed by atoms with van der Waals surface area (Å²) in [5, 5.41) is 3.82. The Morgan fingerprint density at radius 2 is 2.00 bits per heavy atom. The molecule has 1 aliphatic carbocycles. The first kappa shape index (κ1) is 9.51. The largest absolute Gasteiger partial charge is 0.311 e. The minimum atomic E-state index is 0.841. The van der Waals surface area contributed by atoms with E-state index in [4.69, 9.17) is 0 Å². The summed E-state index contributed by atoms with van der Waals surface area (Å²) < 4.78 is 0. The molecule has 3 unspecified atom stereocenters.